The van der Waals surface area contributed by atoms with Crippen LogP contribution >= 0.6 is 15.9 Å². The smallest absolute Gasteiger partial charge is 0.413 e. The summed E-state index contributed by atoms with van der Waals surface area (Å²) < 4.78 is 25.5. The van der Waals surface area contributed by atoms with Crippen molar-refractivity contribution in [2.45, 2.75) is 52.0 Å². The van der Waals surface area contributed by atoms with Crippen molar-refractivity contribution in [3.63, 3.8) is 0 Å². The quantitative estimate of drug-likeness (QED) is 0.719. The third-order valence-electron chi connectivity index (χ3n) is 3.35. The first kappa shape index (κ1) is 17.2. The fourth-order valence-corrected chi connectivity index (χ4v) is 2.96. The van der Waals surface area contributed by atoms with Gasteiger partial charge in [0.2, 0.25) is 0 Å². The molecule has 0 spiro atoms. The van der Waals surface area contributed by atoms with Crippen LogP contribution in [0.1, 0.15) is 46.2 Å². The van der Waals surface area contributed by atoms with E-state index in [0.29, 0.717) is 16.6 Å². The molecule has 122 valence electrons. The second kappa shape index (κ2) is 5.81. The number of hydrogen-bond acceptors (Lipinski definition) is 3. The lowest BCUT2D eigenvalue weighted by atomic mass is 10.1. The highest BCUT2D eigenvalue weighted by molar-refractivity contribution is 9.10. The van der Waals surface area contributed by atoms with E-state index >= 15 is 0 Å². The summed E-state index contributed by atoms with van der Waals surface area (Å²) in [4.78, 5) is 14.1. The van der Waals surface area contributed by atoms with E-state index in [1.165, 1.54) is 17.0 Å². The summed E-state index contributed by atoms with van der Waals surface area (Å²) in [6.45, 7) is 9.31. The topological polar surface area (TPSA) is 38.8 Å². The zero-order chi connectivity index (χ0) is 16.7. The summed E-state index contributed by atoms with van der Waals surface area (Å²) in [5.74, 6) is -0.363. The van der Waals surface area contributed by atoms with Gasteiger partial charge in [0.1, 0.15) is 17.1 Å². The number of halogens is 2. The standard InChI is InChI=1S/C16H21BrFNO3/c1-15(2,3)22-14(20)19-13(9-21-16(19,4)5)10-6-11(17)8-12(18)7-10/h6-8,13H,9H2,1-5H3/t13-/m1/s1. The Morgan fingerprint density at radius 3 is 2.59 bits per heavy atom. The average molecular weight is 374 g/mol. The van der Waals surface area contributed by atoms with Gasteiger partial charge >= 0.3 is 6.09 Å². The van der Waals surface area contributed by atoms with E-state index in [1.807, 2.05) is 20.8 Å². The molecule has 1 saturated heterocycles. The number of hydrogen-bond donors (Lipinski definition) is 0. The summed E-state index contributed by atoms with van der Waals surface area (Å²) in [6.07, 6.45) is -0.472. The van der Waals surface area contributed by atoms with Gasteiger partial charge in [-0.2, -0.15) is 0 Å². The molecular weight excluding hydrogens is 353 g/mol. The highest BCUT2D eigenvalue weighted by Gasteiger charge is 2.46. The summed E-state index contributed by atoms with van der Waals surface area (Å²) >= 11 is 3.28. The lowest BCUT2D eigenvalue weighted by Gasteiger charge is -2.35. The molecule has 2 rings (SSSR count). The van der Waals surface area contributed by atoms with Crippen LogP contribution in [0.4, 0.5) is 9.18 Å². The molecule has 1 amide bonds. The highest BCUT2D eigenvalue weighted by atomic mass is 79.9. The molecule has 0 radical (unpaired) electrons. The minimum Gasteiger partial charge on any atom is -0.444 e. The molecule has 0 aliphatic carbocycles. The summed E-state index contributed by atoms with van der Waals surface area (Å²) in [5, 5.41) is 0. The predicted molar refractivity (Wildman–Crippen MR) is 84.9 cm³/mol. The number of carbonyl (C=O) groups is 1. The van der Waals surface area contributed by atoms with Crippen molar-refractivity contribution in [3.05, 3.63) is 34.1 Å². The van der Waals surface area contributed by atoms with E-state index in [1.54, 1.807) is 19.9 Å². The van der Waals surface area contributed by atoms with Gasteiger partial charge < -0.3 is 9.47 Å². The Labute approximate surface area is 138 Å². The molecule has 1 aliphatic heterocycles. The Morgan fingerprint density at radius 2 is 2.05 bits per heavy atom. The maximum Gasteiger partial charge on any atom is 0.413 e. The van der Waals surface area contributed by atoms with Crippen molar-refractivity contribution in [1.82, 2.24) is 4.90 Å². The Morgan fingerprint density at radius 1 is 1.41 bits per heavy atom. The number of carbonyl (C=O) groups excluding carboxylic acids is 1. The monoisotopic (exact) mass is 373 g/mol. The third kappa shape index (κ3) is 3.79. The minimum absolute atomic E-state index is 0.294. The van der Waals surface area contributed by atoms with Crippen LogP contribution in [0.2, 0.25) is 0 Å². The van der Waals surface area contributed by atoms with Gasteiger partial charge in [-0.3, -0.25) is 4.90 Å². The molecule has 0 saturated carbocycles. The molecule has 0 N–H and O–H groups in total. The molecule has 1 aromatic rings. The lowest BCUT2D eigenvalue weighted by Crippen LogP contribution is -2.47. The SMILES string of the molecule is CC(C)(C)OC(=O)N1[C@@H](c2cc(F)cc(Br)c2)COC1(C)C. The van der Waals surface area contributed by atoms with Gasteiger partial charge in [-0.25, -0.2) is 9.18 Å². The van der Waals surface area contributed by atoms with Gasteiger partial charge in [-0.05, 0) is 58.4 Å². The van der Waals surface area contributed by atoms with Crippen LogP contribution in [-0.4, -0.2) is 28.9 Å². The molecule has 22 heavy (non-hydrogen) atoms. The first-order chi connectivity index (χ1) is 9.99. The minimum atomic E-state index is -0.814. The van der Waals surface area contributed by atoms with E-state index in [9.17, 15) is 9.18 Å². The Kier molecular flexibility index (Phi) is 4.55. The van der Waals surface area contributed by atoms with E-state index in [0.717, 1.165) is 0 Å². The molecule has 4 nitrogen and oxygen atoms in total. The van der Waals surface area contributed by atoms with Crippen LogP contribution in [0.5, 0.6) is 0 Å². The fourth-order valence-electron chi connectivity index (χ4n) is 2.47. The summed E-state index contributed by atoms with van der Waals surface area (Å²) in [6, 6.07) is 4.19. The van der Waals surface area contributed by atoms with Crippen LogP contribution in [0.3, 0.4) is 0 Å². The molecule has 6 heteroatoms. The van der Waals surface area contributed by atoms with E-state index in [-0.39, 0.29) is 5.82 Å². The number of ether oxygens (including phenoxy) is 2. The largest absolute Gasteiger partial charge is 0.444 e. The Balaban J connectivity index is 2.36. The Hall–Kier alpha value is -1.14. The van der Waals surface area contributed by atoms with Crippen LogP contribution < -0.4 is 0 Å². The maximum absolute atomic E-state index is 13.7. The normalized spacial score (nSPS) is 21.0. The van der Waals surface area contributed by atoms with Crippen LogP contribution in [0.15, 0.2) is 22.7 Å². The number of rotatable bonds is 1. The highest BCUT2D eigenvalue weighted by Crippen LogP contribution is 2.38. The molecule has 1 heterocycles. The molecule has 0 unspecified atom stereocenters. The molecule has 1 aromatic carbocycles. The van der Waals surface area contributed by atoms with Crippen molar-refractivity contribution < 1.29 is 18.7 Å². The third-order valence-corrected chi connectivity index (χ3v) is 3.80. The van der Waals surface area contributed by atoms with Gasteiger partial charge in [0.05, 0.1) is 12.6 Å². The zero-order valence-corrected chi connectivity index (χ0v) is 15.0. The second-order valence-electron chi connectivity index (χ2n) is 6.83. The summed E-state index contributed by atoms with van der Waals surface area (Å²) in [7, 11) is 0. The summed E-state index contributed by atoms with van der Waals surface area (Å²) in [5.41, 5.74) is -0.752. The van der Waals surface area contributed by atoms with Crippen molar-refractivity contribution in [2.24, 2.45) is 0 Å². The van der Waals surface area contributed by atoms with Crippen LogP contribution in [0.25, 0.3) is 0 Å². The zero-order valence-electron chi connectivity index (χ0n) is 13.4. The van der Waals surface area contributed by atoms with Crippen molar-refractivity contribution >= 4 is 22.0 Å². The van der Waals surface area contributed by atoms with Crippen LogP contribution in [-0.2, 0) is 9.47 Å². The van der Waals surface area contributed by atoms with E-state index < -0.39 is 23.5 Å². The molecular formula is C16H21BrFNO3. The van der Waals surface area contributed by atoms with Crippen molar-refractivity contribution in [1.29, 1.82) is 0 Å². The first-order valence-electron chi connectivity index (χ1n) is 7.12. The Bertz CT molecular complexity index is 563. The van der Waals surface area contributed by atoms with Crippen LogP contribution in [0, 0.1) is 5.82 Å². The molecule has 0 aromatic heterocycles. The molecule has 1 aliphatic rings. The van der Waals surface area contributed by atoms with Crippen molar-refractivity contribution in [2.75, 3.05) is 6.61 Å². The molecule has 0 bridgehead atoms. The van der Waals surface area contributed by atoms with Gasteiger partial charge in [-0.1, -0.05) is 15.9 Å². The molecule has 1 atom stereocenters. The van der Waals surface area contributed by atoms with E-state index in [4.69, 9.17) is 9.47 Å². The number of benzene rings is 1. The van der Waals surface area contributed by atoms with Gasteiger partial charge in [0.15, 0.2) is 0 Å². The number of nitrogens with zero attached hydrogens (tertiary/aromatic N) is 1. The first-order valence-corrected chi connectivity index (χ1v) is 7.91. The maximum atomic E-state index is 13.7. The number of amides is 1. The molecule has 1 fully saturated rings. The van der Waals surface area contributed by atoms with Gasteiger partial charge in [0, 0.05) is 4.47 Å². The average Bonchev–Trinajstić information content (AvgIpc) is 2.61. The lowest BCUT2D eigenvalue weighted by molar-refractivity contribution is -0.0626. The predicted octanol–water partition coefficient (Wildman–Crippen LogP) is 4.63. The second-order valence-corrected chi connectivity index (χ2v) is 7.74. The fraction of sp³-hybridized carbons (Fsp3) is 0.562. The van der Waals surface area contributed by atoms with Crippen molar-refractivity contribution in [3.8, 4) is 0 Å². The van der Waals surface area contributed by atoms with Gasteiger partial charge in [0.25, 0.3) is 0 Å². The van der Waals surface area contributed by atoms with Gasteiger partial charge in [-0.15, -0.1) is 0 Å². The van der Waals surface area contributed by atoms with E-state index in [2.05, 4.69) is 15.9 Å².